The summed E-state index contributed by atoms with van der Waals surface area (Å²) < 4.78 is 33.8. The molecule has 0 aromatic heterocycles. The van der Waals surface area contributed by atoms with Crippen LogP contribution in [0.4, 0.5) is 0 Å². The lowest BCUT2D eigenvalue weighted by Crippen LogP contribution is -2.69. The first-order valence-corrected chi connectivity index (χ1v) is 13.7. The van der Waals surface area contributed by atoms with Gasteiger partial charge in [-0.1, -0.05) is 30.3 Å². The average Bonchev–Trinajstić information content (AvgIpc) is 2.89. The van der Waals surface area contributed by atoms with Crippen LogP contribution in [-0.2, 0) is 54.1 Å². The van der Waals surface area contributed by atoms with Crippen LogP contribution in [0.5, 0.6) is 0 Å². The zero-order valence-electron chi connectivity index (χ0n) is 24.3. The Morgan fingerprint density at radius 2 is 1.48 bits per heavy atom. The van der Waals surface area contributed by atoms with Crippen LogP contribution in [0, 0.1) is 0 Å². The first-order valence-electron chi connectivity index (χ1n) is 13.7. The van der Waals surface area contributed by atoms with E-state index in [0.29, 0.717) is 6.54 Å². The molecule has 11 atom stereocenters. The number of nitrogens with one attached hydrogen (secondary N) is 1. The Hall–Kier alpha value is -3.14. The van der Waals surface area contributed by atoms with Crippen molar-refractivity contribution in [3.05, 3.63) is 35.9 Å². The highest BCUT2D eigenvalue weighted by molar-refractivity contribution is 5.68. The van der Waals surface area contributed by atoms with Gasteiger partial charge in [-0.3, -0.25) is 19.2 Å². The topological polar surface area (TPSA) is 208 Å². The van der Waals surface area contributed by atoms with E-state index in [1.54, 1.807) is 0 Å². The number of hydrogen-bond acceptors (Lipinski definition) is 14. The van der Waals surface area contributed by atoms with Gasteiger partial charge in [0, 0.05) is 46.3 Å². The number of rotatable bonds is 10. The minimum Gasteiger partial charge on any atom is -0.460 e. The van der Waals surface area contributed by atoms with Crippen molar-refractivity contribution in [2.45, 2.75) is 115 Å². The van der Waals surface area contributed by atoms with E-state index in [1.807, 2.05) is 30.3 Å². The molecule has 1 heterocycles. The lowest BCUT2D eigenvalue weighted by atomic mass is 9.83. The fourth-order valence-electron chi connectivity index (χ4n) is 5.34. The molecule has 0 bridgehead atoms. The predicted octanol–water partition coefficient (Wildman–Crippen LogP) is -0.579. The Morgan fingerprint density at radius 3 is 2.05 bits per heavy atom. The normalized spacial score (nSPS) is 33.6. The summed E-state index contributed by atoms with van der Waals surface area (Å²) in [5.74, 6) is -2.68. The first kappa shape index (κ1) is 33.4. The van der Waals surface area contributed by atoms with Crippen molar-refractivity contribution in [1.82, 2.24) is 5.32 Å². The van der Waals surface area contributed by atoms with Crippen LogP contribution in [-0.4, -0.2) is 96.1 Å². The molecule has 0 spiro atoms. The van der Waals surface area contributed by atoms with E-state index in [0.717, 1.165) is 19.4 Å². The molecule has 1 aliphatic heterocycles. The maximum atomic E-state index is 12.0. The summed E-state index contributed by atoms with van der Waals surface area (Å²) in [7, 11) is 0. The van der Waals surface area contributed by atoms with E-state index in [-0.39, 0.29) is 6.42 Å². The lowest BCUT2D eigenvalue weighted by molar-refractivity contribution is -0.305. The van der Waals surface area contributed by atoms with Gasteiger partial charge in [0.2, 0.25) is 0 Å². The Kier molecular flexibility index (Phi) is 11.8. The molecular formula is C28H41N3O11. The molecule has 0 radical (unpaired) electrons. The average molecular weight is 596 g/mol. The highest BCUT2D eigenvalue weighted by atomic mass is 16.7. The number of ether oxygens (including phenoxy) is 6. The van der Waals surface area contributed by atoms with Crippen molar-refractivity contribution in [2.24, 2.45) is 11.5 Å². The number of carbonyl (C=O) groups excluding carboxylic acids is 4. The molecule has 42 heavy (non-hydrogen) atoms. The zero-order chi connectivity index (χ0) is 31.1. The number of benzene rings is 1. The van der Waals surface area contributed by atoms with Crippen molar-refractivity contribution < 1.29 is 52.7 Å². The molecule has 14 nitrogen and oxygen atoms in total. The summed E-state index contributed by atoms with van der Waals surface area (Å²) >= 11 is 0. The molecule has 1 aliphatic carbocycles. The van der Waals surface area contributed by atoms with Crippen molar-refractivity contribution in [3.63, 3.8) is 0 Å². The molecule has 14 heteroatoms. The van der Waals surface area contributed by atoms with Gasteiger partial charge in [-0.2, -0.15) is 0 Å². The number of esters is 4. The summed E-state index contributed by atoms with van der Waals surface area (Å²) in [5.41, 5.74) is 13.9. The fourth-order valence-corrected chi connectivity index (χ4v) is 5.34. The largest absolute Gasteiger partial charge is 0.460 e. The van der Waals surface area contributed by atoms with Crippen molar-refractivity contribution in [1.29, 1.82) is 0 Å². The minimum atomic E-state index is -1.41. The molecular weight excluding hydrogens is 554 g/mol. The summed E-state index contributed by atoms with van der Waals surface area (Å²) in [5, 5.41) is 14.7. The molecule has 234 valence electrons. The van der Waals surface area contributed by atoms with Gasteiger partial charge in [-0.05, 0) is 18.9 Å². The second kappa shape index (κ2) is 14.8. The van der Waals surface area contributed by atoms with Gasteiger partial charge in [0.05, 0.1) is 6.04 Å². The molecule has 6 N–H and O–H groups in total. The lowest BCUT2D eigenvalue weighted by Gasteiger charge is -2.48. The first-order chi connectivity index (χ1) is 19.8. The van der Waals surface area contributed by atoms with Crippen LogP contribution in [0.15, 0.2) is 30.3 Å². The van der Waals surface area contributed by atoms with E-state index in [4.69, 9.17) is 39.9 Å². The van der Waals surface area contributed by atoms with Gasteiger partial charge >= 0.3 is 23.9 Å². The van der Waals surface area contributed by atoms with E-state index < -0.39 is 91.0 Å². The third-order valence-corrected chi connectivity index (χ3v) is 7.07. The van der Waals surface area contributed by atoms with E-state index in [1.165, 1.54) is 20.8 Å². The summed E-state index contributed by atoms with van der Waals surface area (Å²) in [4.78, 5) is 47.6. The highest BCUT2D eigenvalue weighted by Gasteiger charge is 2.54. The number of aliphatic hydroxyl groups excluding tert-OH is 1. The van der Waals surface area contributed by atoms with Crippen LogP contribution in [0.1, 0.15) is 46.6 Å². The predicted molar refractivity (Wildman–Crippen MR) is 145 cm³/mol. The third kappa shape index (κ3) is 8.69. The fraction of sp³-hybridized carbons (Fsp3) is 0.643. The van der Waals surface area contributed by atoms with Gasteiger partial charge in [0.25, 0.3) is 0 Å². The van der Waals surface area contributed by atoms with Crippen LogP contribution in [0.2, 0.25) is 0 Å². The van der Waals surface area contributed by atoms with Crippen molar-refractivity contribution in [3.8, 4) is 0 Å². The summed E-state index contributed by atoms with van der Waals surface area (Å²) in [6.07, 6.45) is -9.41. The Labute approximate surface area is 244 Å². The standard InChI is InChI=1S/C28H41N3O11/c1-13(37-14(2)32)23-27(40-17(5)35)26(39-16(4)34)21(30)28(41-23)42-24-19(29)11-20(25(22(24)36)38-15(3)33)31-12-18-9-7-6-8-10-18/h6-10,13,19-28,31,36H,11-12,29-30H2,1-5H3/t13-,19?,20?,21?,22?,23?,24?,25?,26?,27?,28?/m1/s1. The monoisotopic (exact) mass is 595 g/mol. The van der Waals surface area contributed by atoms with Crippen LogP contribution >= 0.6 is 0 Å². The zero-order valence-corrected chi connectivity index (χ0v) is 24.3. The van der Waals surface area contributed by atoms with Crippen LogP contribution < -0.4 is 16.8 Å². The molecule has 2 fully saturated rings. The number of hydrogen-bond donors (Lipinski definition) is 4. The summed E-state index contributed by atoms with van der Waals surface area (Å²) in [6.45, 7) is 6.66. The smallest absolute Gasteiger partial charge is 0.303 e. The van der Waals surface area contributed by atoms with Gasteiger partial charge in [0.1, 0.15) is 30.5 Å². The Morgan fingerprint density at radius 1 is 0.905 bits per heavy atom. The molecule has 2 aliphatic rings. The van der Waals surface area contributed by atoms with Gasteiger partial charge in [-0.25, -0.2) is 0 Å². The van der Waals surface area contributed by atoms with Crippen molar-refractivity contribution in [2.75, 3.05) is 0 Å². The van der Waals surface area contributed by atoms with E-state index in [2.05, 4.69) is 5.32 Å². The third-order valence-electron chi connectivity index (χ3n) is 7.07. The maximum Gasteiger partial charge on any atom is 0.303 e. The van der Waals surface area contributed by atoms with E-state index in [9.17, 15) is 24.3 Å². The number of aliphatic hydroxyl groups is 1. The molecule has 1 aromatic rings. The van der Waals surface area contributed by atoms with Gasteiger partial charge < -0.3 is 50.3 Å². The number of nitrogens with two attached hydrogens (primary N) is 2. The number of carbonyl (C=O) groups is 4. The minimum absolute atomic E-state index is 0.241. The molecule has 1 saturated carbocycles. The van der Waals surface area contributed by atoms with Crippen LogP contribution in [0.3, 0.4) is 0 Å². The maximum absolute atomic E-state index is 12.0. The quantitative estimate of drug-likeness (QED) is 0.197. The molecule has 0 amide bonds. The van der Waals surface area contributed by atoms with Gasteiger partial charge in [0.15, 0.2) is 18.5 Å². The van der Waals surface area contributed by atoms with E-state index >= 15 is 0 Å². The highest BCUT2D eigenvalue weighted by Crippen LogP contribution is 2.33. The molecule has 1 saturated heterocycles. The van der Waals surface area contributed by atoms with Crippen molar-refractivity contribution >= 4 is 23.9 Å². The molecule has 10 unspecified atom stereocenters. The SMILES string of the molecule is CC(=O)OC1C(NCc2ccccc2)CC(N)C(OC2OC([C@@H](C)OC(C)=O)C(OC(C)=O)C(OC(C)=O)C2N)C1O. The Bertz CT molecular complexity index is 1090. The summed E-state index contributed by atoms with van der Waals surface area (Å²) in [6, 6.07) is 7.02. The van der Waals surface area contributed by atoms with Gasteiger partial charge in [-0.15, -0.1) is 0 Å². The second-order valence-electron chi connectivity index (χ2n) is 10.5. The molecule has 3 rings (SSSR count). The second-order valence-corrected chi connectivity index (χ2v) is 10.5. The van der Waals surface area contributed by atoms with Crippen LogP contribution in [0.25, 0.3) is 0 Å². The molecule has 1 aromatic carbocycles. The Balaban J connectivity index is 1.86.